The number of fused-ring (bicyclic) bond motifs is 2. The molecule has 4 nitrogen and oxygen atoms in total. The van der Waals surface area contributed by atoms with Gasteiger partial charge >= 0.3 is 0 Å². The molecule has 4 rings (SSSR count). The lowest BCUT2D eigenvalue weighted by molar-refractivity contribution is 0.523. The zero-order chi connectivity index (χ0) is 16.7. The van der Waals surface area contributed by atoms with E-state index < -0.39 is 0 Å². The maximum Gasteiger partial charge on any atom is 0.227 e. The number of anilines is 1. The molecule has 2 aliphatic rings. The molecule has 0 bridgehead atoms. The smallest absolute Gasteiger partial charge is 0.227 e. The molecule has 0 spiro atoms. The summed E-state index contributed by atoms with van der Waals surface area (Å²) < 4.78 is 5.97. The standard InChI is InChI=1S/C19H17N3OS/c1-22(2)14-9-7-12(8-10-14)17-20-18-15(19(24)21-17)11-13-5-3-4-6-16(13)23-18/h3-11,17H,1-2H3,(H,21,24). The van der Waals surface area contributed by atoms with E-state index in [4.69, 9.17) is 21.9 Å². The number of thiocarbonyl (C=S) groups is 1. The van der Waals surface area contributed by atoms with Crippen molar-refractivity contribution in [3.8, 4) is 5.75 Å². The van der Waals surface area contributed by atoms with Crippen LogP contribution < -0.4 is 15.0 Å². The van der Waals surface area contributed by atoms with Crippen molar-refractivity contribution < 1.29 is 4.74 Å². The van der Waals surface area contributed by atoms with E-state index >= 15 is 0 Å². The first-order chi connectivity index (χ1) is 11.6. The van der Waals surface area contributed by atoms with Crippen LogP contribution in [0.4, 0.5) is 5.69 Å². The fourth-order valence-electron chi connectivity index (χ4n) is 2.79. The van der Waals surface area contributed by atoms with Crippen LogP contribution in [0.5, 0.6) is 5.75 Å². The summed E-state index contributed by atoms with van der Waals surface area (Å²) in [5.74, 6) is 1.39. The molecule has 2 aliphatic heterocycles. The average molecular weight is 335 g/mol. The third-order valence-electron chi connectivity index (χ3n) is 4.14. The minimum atomic E-state index is -0.230. The molecule has 24 heavy (non-hydrogen) atoms. The summed E-state index contributed by atoms with van der Waals surface area (Å²) in [5, 5.41) is 3.29. The van der Waals surface area contributed by atoms with Crippen molar-refractivity contribution in [1.82, 2.24) is 5.32 Å². The Hall–Kier alpha value is -2.66. The number of nitrogens with one attached hydrogen (secondary N) is 1. The maximum absolute atomic E-state index is 5.97. The van der Waals surface area contributed by atoms with Gasteiger partial charge in [0, 0.05) is 25.3 Å². The van der Waals surface area contributed by atoms with E-state index in [0.717, 1.165) is 28.1 Å². The molecular formula is C19H17N3OS. The topological polar surface area (TPSA) is 36.9 Å². The van der Waals surface area contributed by atoms with Crippen LogP contribution in [-0.2, 0) is 0 Å². The Labute approximate surface area is 146 Å². The molecule has 2 aromatic rings. The lowest BCUT2D eigenvalue weighted by atomic mass is 10.0. The molecule has 2 aromatic carbocycles. The Bertz CT molecular complexity index is 868. The highest BCUT2D eigenvalue weighted by atomic mass is 32.1. The molecule has 120 valence electrons. The van der Waals surface area contributed by atoms with Gasteiger partial charge in [-0.3, -0.25) is 0 Å². The van der Waals surface area contributed by atoms with Gasteiger partial charge in [0.05, 0.1) is 5.57 Å². The van der Waals surface area contributed by atoms with Crippen LogP contribution in [0.1, 0.15) is 17.3 Å². The van der Waals surface area contributed by atoms with Gasteiger partial charge in [0.15, 0.2) is 0 Å². The lowest BCUT2D eigenvalue weighted by Gasteiger charge is -2.28. The number of hydrogen-bond acceptors (Lipinski definition) is 4. The van der Waals surface area contributed by atoms with Crippen LogP contribution in [0.15, 0.2) is 59.1 Å². The normalized spacial score (nSPS) is 18.4. The van der Waals surface area contributed by atoms with Gasteiger partial charge in [-0.15, -0.1) is 0 Å². The highest BCUT2D eigenvalue weighted by Crippen LogP contribution is 2.31. The quantitative estimate of drug-likeness (QED) is 0.852. The predicted molar refractivity (Wildman–Crippen MR) is 102 cm³/mol. The van der Waals surface area contributed by atoms with Gasteiger partial charge in [0.2, 0.25) is 5.90 Å². The minimum Gasteiger partial charge on any atom is -0.438 e. The van der Waals surface area contributed by atoms with Gasteiger partial charge in [0.25, 0.3) is 0 Å². The summed E-state index contributed by atoms with van der Waals surface area (Å²) in [6, 6.07) is 16.2. The van der Waals surface area contributed by atoms with Crippen molar-refractivity contribution in [3.63, 3.8) is 0 Å². The van der Waals surface area contributed by atoms with Crippen LogP contribution in [0.3, 0.4) is 0 Å². The van der Waals surface area contributed by atoms with Crippen LogP contribution in [0.25, 0.3) is 6.08 Å². The fourth-order valence-corrected chi connectivity index (χ4v) is 3.05. The van der Waals surface area contributed by atoms with Gasteiger partial charge in [0.1, 0.15) is 16.9 Å². The Morgan fingerprint density at radius 2 is 1.83 bits per heavy atom. The third-order valence-corrected chi connectivity index (χ3v) is 4.48. The Morgan fingerprint density at radius 1 is 1.08 bits per heavy atom. The largest absolute Gasteiger partial charge is 0.438 e. The zero-order valence-electron chi connectivity index (χ0n) is 13.5. The van der Waals surface area contributed by atoms with E-state index in [1.165, 1.54) is 0 Å². The molecular weight excluding hydrogens is 318 g/mol. The monoisotopic (exact) mass is 335 g/mol. The first-order valence-electron chi connectivity index (χ1n) is 7.77. The van der Waals surface area contributed by atoms with E-state index in [1.807, 2.05) is 44.4 Å². The Kier molecular flexibility index (Phi) is 3.58. The molecule has 0 saturated carbocycles. The van der Waals surface area contributed by atoms with Gasteiger partial charge < -0.3 is 15.0 Å². The summed E-state index contributed by atoms with van der Waals surface area (Å²) in [5.41, 5.74) is 4.06. The molecule has 0 radical (unpaired) electrons. The Morgan fingerprint density at radius 3 is 2.58 bits per heavy atom. The summed E-state index contributed by atoms with van der Waals surface area (Å²) >= 11 is 5.53. The predicted octanol–water partition coefficient (Wildman–Crippen LogP) is 3.56. The molecule has 1 atom stereocenters. The molecule has 1 unspecified atom stereocenters. The van der Waals surface area contributed by atoms with Crippen LogP contribution >= 0.6 is 12.2 Å². The van der Waals surface area contributed by atoms with Gasteiger partial charge in [-0.1, -0.05) is 42.5 Å². The van der Waals surface area contributed by atoms with Crippen molar-refractivity contribution in [3.05, 3.63) is 65.2 Å². The second-order valence-corrected chi connectivity index (χ2v) is 6.40. The second kappa shape index (κ2) is 5.76. The summed E-state index contributed by atoms with van der Waals surface area (Å²) in [7, 11) is 4.04. The molecule has 0 saturated heterocycles. The van der Waals surface area contributed by atoms with Crippen molar-refractivity contribution in [1.29, 1.82) is 0 Å². The number of aliphatic imine (C=N–C) groups is 1. The number of nitrogens with zero attached hydrogens (tertiary/aromatic N) is 2. The summed E-state index contributed by atoms with van der Waals surface area (Å²) in [6.45, 7) is 0. The van der Waals surface area contributed by atoms with E-state index in [-0.39, 0.29) is 6.17 Å². The van der Waals surface area contributed by atoms with Gasteiger partial charge in [-0.05, 0) is 29.8 Å². The molecule has 0 aliphatic carbocycles. The van der Waals surface area contributed by atoms with E-state index in [1.54, 1.807) is 0 Å². The van der Waals surface area contributed by atoms with Crippen molar-refractivity contribution >= 4 is 34.9 Å². The molecule has 1 N–H and O–H groups in total. The fraction of sp³-hybridized carbons (Fsp3) is 0.158. The van der Waals surface area contributed by atoms with Crippen LogP contribution in [0, 0.1) is 0 Å². The van der Waals surface area contributed by atoms with Gasteiger partial charge in [-0.2, -0.15) is 0 Å². The highest BCUT2D eigenvalue weighted by Gasteiger charge is 2.29. The van der Waals surface area contributed by atoms with Gasteiger partial charge in [-0.25, -0.2) is 4.99 Å². The first kappa shape index (κ1) is 14.9. The van der Waals surface area contributed by atoms with Crippen LogP contribution in [-0.4, -0.2) is 25.0 Å². The van der Waals surface area contributed by atoms with Crippen molar-refractivity contribution in [2.45, 2.75) is 6.17 Å². The van der Waals surface area contributed by atoms with Crippen molar-refractivity contribution in [2.75, 3.05) is 19.0 Å². The van der Waals surface area contributed by atoms with E-state index in [0.29, 0.717) is 10.9 Å². The Balaban J connectivity index is 1.69. The number of para-hydroxylation sites is 1. The minimum absolute atomic E-state index is 0.230. The zero-order valence-corrected chi connectivity index (χ0v) is 14.3. The van der Waals surface area contributed by atoms with Crippen LogP contribution in [0.2, 0.25) is 0 Å². The molecule has 0 aromatic heterocycles. The number of hydrogen-bond donors (Lipinski definition) is 1. The maximum atomic E-state index is 5.97. The van der Waals surface area contributed by atoms with Crippen molar-refractivity contribution in [2.24, 2.45) is 4.99 Å². The third kappa shape index (κ3) is 2.57. The van der Waals surface area contributed by atoms with E-state index in [2.05, 4.69) is 34.5 Å². The number of benzene rings is 2. The molecule has 5 heteroatoms. The number of rotatable bonds is 2. The highest BCUT2D eigenvalue weighted by molar-refractivity contribution is 7.80. The average Bonchev–Trinajstić information content (AvgIpc) is 2.60. The molecule has 0 fully saturated rings. The second-order valence-electron chi connectivity index (χ2n) is 5.99. The number of ether oxygens (including phenoxy) is 1. The molecule has 0 amide bonds. The van der Waals surface area contributed by atoms with E-state index in [9.17, 15) is 0 Å². The summed E-state index contributed by atoms with van der Waals surface area (Å²) in [4.78, 5) is 7.44. The summed E-state index contributed by atoms with van der Waals surface area (Å²) in [6.07, 6.45) is 1.80. The first-order valence-corrected chi connectivity index (χ1v) is 8.17. The lowest BCUT2D eigenvalue weighted by Crippen LogP contribution is -2.38. The molecule has 2 heterocycles. The SMILES string of the molecule is CN(C)c1ccc(C2N=C3Oc4ccccc4C=C3C(=S)N2)cc1.